The SMILES string of the molecule is Cc1cnc(-c2ccc(Cc3cnc(-c4ccccc4)nc3)cc2)nc1. The topological polar surface area (TPSA) is 51.6 Å². The summed E-state index contributed by atoms with van der Waals surface area (Å²) in [5, 5.41) is 0. The van der Waals surface area contributed by atoms with Crippen LogP contribution in [0.4, 0.5) is 0 Å². The van der Waals surface area contributed by atoms with Crippen molar-refractivity contribution in [2.45, 2.75) is 13.3 Å². The molecule has 0 radical (unpaired) electrons. The van der Waals surface area contributed by atoms with Crippen LogP contribution in [0.25, 0.3) is 22.8 Å². The van der Waals surface area contributed by atoms with Crippen molar-refractivity contribution in [1.29, 1.82) is 0 Å². The van der Waals surface area contributed by atoms with Crippen LogP contribution >= 0.6 is 0 Å². The Balaban J connectivity index is 1.48. The summed E-state index contributed by atoms with van der Waals surface area (Å²) >= 11 is 0. The Morgan fingerprint density at radius 1 is 0.577 bits per heavy atom. The maximum Gasteiger partial charge on any atom is 0.159 e. The monoisotopic (exact) mass is 338 g/mol. The van der Waals surface area contributed by atoms with Gasteiger partial charge in [0.1, 0.15) is 0 Å². The Bertz CT molecular complexity index is 977. The fourth-order valence-corrected chi connectivity index (χ4v) is 2.73. The predicted molar refractivity (Wildman–Crippen MR) is 102 cm³/mol. The molecule has 0 aliphatic rings. The summed E-state index contributed by atoms with van der Waals surface area (Å²) in [5.41, 5.74) is 5.40. The molecule has 4 aromatic rings. The minimum atomic E-state index is 0.748. The summed E-state index contributed by atoms with van der Waals surface area (Å²) in [4.78, 5) is 17.7. The third-order valence-corrected chi connectivity index (χ3v) is 4.14. The summed E-state index contributed by atoms with van der Waals surface area (Å²) in [6.45, 7) is 1.98. The van der Waals surface area contributed by atoms with Crippen molar-refractivity contribution >= 4 is 0 Å². The lowest BCUT2D eigenvalue weighted by Crippen LogP contribution is -1.94. The van der Waals surface area contributed by atoms with Crippen LogP contribution in [0.15, 0.2) is 79.4 Å². The van der Waals surface area contributed by atoms with Crippen molar-refractivity contribution in [2.24, 2.45) is 0 Å². The second-order valence-electron chi connectivity index (χ2n) is 6.24. The highest BCUT2D eigenvalue weighted by Gasteiger charge is 2.04. The molecular formula is C22H18N4. The van der Waals surface area contributed by atoms with Crippen LogP contribution in [0.2, 0.25) is 0 Å². The molecule has 0 fully saturated rings. The van der Waals surface area contributed by atoms with Crippen molar-refractivity contribution in [3.8, 4) is 22.8 Å². The van der Waals surface area contributed by atoms with E-state index in [1.807, 2.05) is 62.0 Å². The van der Waals surface area contributed by atoms with Gasteiger partial charge in [-0.1, -0.05) is 54.6 Å². The molecule has 4 heteroatoms. The highest BCUT2D eigenvalue weighted by molar-refractivity contribution is 5.56. The first kappa shape index (κ1) is 16.1. The predicted octanol–water partition coefficient (Wildman–Crippen LogP) is 4.50. The molecule has 2 aromatic heterocycles. The van der Waals surface area contributed by atoms with Crippen LogP contribution in [0.3, 0.4) is 0 Å². The zero-order chi connectivity index (χ0) is 17.8. The number of aromatic nitrogens is 4. The normalized spacial score (nSPS) is 10.7. The minimum Gasteiger partial charge on any atom is -0.236 e. The molecule has 0 aliphatic heterocycles. The summed E-state index contributed by atoms with van der Waals surface area (Å²) in [6, 6.07) is 18.3. The third kappa shape index (κ3) is 3.64. The van der Waals surface area contributed by atoms with Crippen LogP contribution in [0.5, 0.6) is 0 Å². The molecule has 0 spiro atoms. The summed E-state index contributed by atoms with van der Waals surface area (Å²) in [6.07, 6.45) is 8.26. The van der Waals surface area contributed by atoms with Gasteiger partial charge in [0.15, 0.2) is 11.6 Å². The maximum atomic E-state index is 4.49. The Labute approximate surface area is 152 Å². The highest BCUT2D eigenvalue weighted by Crippen LogP contribution is 2.18. The zero-order valence-corrected chi connectivity index (χ0v) is 14.5. The van der Waals surface area contributed by atoms with Gasteiger partial charge in [0.05, 0.1) is 0 Å². The Morgan fingerprint density at radius 2 is 1.12 bits per heavy atom. The largest absolute Gasteiger partial charge is 0.236 e. The van der Waals surface area contributed by atoms with E-state index in [-0.39, 0.29) is 0 Å². The van der Waals surface area contributed by atoms with Crippen molar-refractivity contribution in [3.05, 3.63) is 96.1 Å². The van der Waals surface area contributed by atoms with Crippen LogP contribution < -0.4 is 0 Å². The molecular weight excluding hydrogens is 320 g/mol. The molecule has 0 N–H and O–H groups in total. The van der Waals surface area contributed by atoms with Crippen molar-refractivity contribution in [1.82, 2.24) is 19.9 Å². The standard InChI is InChI=1S/C22H18N4/c1-16-12-23-22(24-13-16)20-9-7-17(8-10-20)11-18-14-25-21(26-15-18)19-5-3-2-4-6-19/h2-10,12-15H,11H2,1H3. The number of hydrogen-bond donors (Lipinski definition) is 0. The van der Waals surface area contributed by atoms with E-state index in [1.165, 1.54) is 5.56 Å². The summed E-state index contributed by atoms with van der Waals surface area (Å²) in [5.74, 6) is 1.50. The van der Waals surface area contributed by atoms with Crippen molar-refractivity contribution in [2.75, 3.05) is 0 Å². The van der Waals surface area contributed by atoms with E-state index in [1.54, 1.807) is 0 Å². The highest BCUT2D eigenvalue weighted by atomic mass is 14.9. The van der Waals surface area contributed by atoms with Gasteiger partial charge in [-0.2, -0.15) is 0 Å². The smallest absolute Gasteiger partial charge is 0.159 e. The fraction of sp³-hybridized carbons (Fsp3) is 0.0909. The third-order valence-electron chi connectivity index (χ3n) is 4.14. The van der Waals surface area contributed by atoms with Gasteiger partial charge in [-0.15, -0.1) is 0 Å². The van der Waals surface area contributed by atoms with Gasteiger partial charge in [0.2, 0.25) is 0 Å². The molecule has 0 saturated heterocycles. The summed E-state index contributed by atoms with van der Waals surface area (Å²) in [7, 11) is 0. The van der Waals surface area contributed by atoms with Gasteiger partial charge in [-0.05, 0) is 23.6 Å². The number of rotatable bonds is 4. The van der Waals surface area contributed by atoms with Gasteiger partial charge in [0.25, 0.3) is 0 Å². The molecule has 0 amide bonds. The number of nitrogens with zero attached hydrogens (tertiary/aromatic N) is 4. The molecule has 0 atom stereocenters. The van der Waals surface area contributed by atoms with E-state index in [2.05, 4.69) is 44.2 Å². The van der Waals surface area contributed by atoms with Gasteiger partial charge in [-0.3, -0.25) is 0 Å². The average molecular weight is 338 g/mol. The second-order valence-corrected chi connectivity index (χ2v) is 6.24. The van der Waals surface area contributed by atoms with E-state index in [9.17, 15) is 0 Å². The van der Waals surface area contributed by atoms with Gasteiger partial charge >= 0.3 is 0 Å². The van der Waals surface area contributed by atoms with Crippen LogP contribution in [-0.4, -0.2) is 19.9 Å². The lowest BCUT2D eigenvalue weighted by atomic mass is 10.1. The number of benzene rings is 2. The number of hydrogen-bond acceptors (Lipinski definition) is 4. The molecule has 0 unspecified atom stereocenters. The zero-order valence-electron chi connectivity index (χ0n) is 14.5. The molecule has 126 valence electrons. The van der Waals surface area contributed by atoms with E-state index in [0.29, 0.717) is 0 Å². The molecule has 4 rings (SSSR count). The van der Waals surface area contributed by atoms with Crippen molar-refractivity contribution < 1.29 is 0 Å². The quantitative estimate of drug-likeness (QED) is 0.550. The first-order chi connectivity index (χ1) is 12.8. The molecule has 0 saturated carbocycles. The Hall–Kier alpha value is -3.40. The van der Waals surface area contributed by atoms with Crippen LogP contribution in [-0.2, 0) is 6.42 Å². The lowest BCUT2D eigenvalue weighted by molar-refractivity contribution is 1.08. The fourth-order valence-electron chi connectivity index (χ4n) is 2.73. The van der Waals surface area contributed by atoms with Gasteiger partial charge in [0, 0.05) is 42.3 Å². The second kappa shape index (κ2) is 7.23. The van der Waals surface area contributed by atoms with Crippen molar-refractivity contribution in [3.63, 3.8) is 0 Å². The first-order valence-electron chi connectivity index (χ1n) is 8.52. The number of aryl methyl sites for hydroxylation is 1. The maximum absolute atomic E-state index is 4.49. The summed E-state index contributed by atoms with van der Waals surface area (Å²) < 4.78 is 0. The Morgan fingerprint density at radius 3 is 1.73 bits per heavy atom. The minimum absolute atomic E-state index is 0.748. The molecule has 26 heavy (non-hydrogen) atoms. The van der Waals surface area contributed by atoms with E-state index >= 15 is 0 Å². The van der Waals surface area contributed by atoms with E-state index in [4.69, 9.17) is 0 Å². The van der Waals surface area contributed by atoms with Crippen LogP contribution in [0, 0.1) is 6.92 Å². The van der Waals surface area contributed by atoms with E-state index in [0.717, 1.165) is 40.3 Å². The Kier molecular flexibility index (Phi) is 4.48. The first-order valence-corrected chi connectivity index (χ1v) is 8.52. The van der Waals surface area contributed by atoms with E-state index < -0.39 is 0 Å². The molecule has 4 nitrogen and oxygen atoms in total. The lowest BCUT2D eigenvalue weighted by Gasteiger charge is -2.05. The van der Waals surface area contributed by atoms with Crippen LogP contribution in [0.1, 0.15) is 16.7 Å². The average Bonchev–Trinajstić information content (AvgIpc) is 2.71. The van der Waals surface area contributed by atoms with Gasteiger partial charge in [-0.25, -0.2) is 19.9 Å². The molecule has 0 aliphatic carbocycles. The molecule has 2 heterocycles. The molecule has 2 aromatic carbocycles. The van der Waals surface area contributed by atoms with Gasteiger partial charge < -0.3 is 0 Å². The molecule has 0 bridgehead atoms.